The lowest BCUT2D eigenvalue weighted by molar-refractivity contribution is -0.660. The van der Waals surface area contributed by atoms with Crippen LogP contribution in [0.15, 0.2) is 39.0 Å². The summed E-state index contributed by atoms with van der Waals surface area (Å²) in [7, 11) is 1.59. The van der Waals surface area contributed by atoms with Crippen molar-refractivity contribution in [2.75, 3.05) is 12.8 Å². The number of aromatic amines is 1. The lowest BCUT2D eigenvalue weighted by atomic mass is 10.3. The van der Waals surface area contributed by atoms with Gasteiger partial charge in [-0.25, -0.2) is 9.78 Å². The van der Waals surface area contributed by atoms with Crippen molar-refractivity contribution in [3.8, 4) is 22.8 Å². The van der Waals surface area contributed by atoms with Crippen molar-refractivity contribution in [3.05, 3.63) is 40.1 Å². The standard InChI is InChI=1S/C12H10N4O3S/c1-18-8-4-2-7(3-5-8)16-10(11(17)19-15-16)9-6-20-12(13)14-9/h2-6H,1H3,(H2-,13,14,15,17)/p+1. The second-order valence-corrected chi connectivity index (χ2v) is 4.82. The van der Waals surface area contributed by atoms with Gasteiger partial charge in [0.1, 0.15) is 5.75 Å². The smallest absolute Gasteiger partial charge is 0.437 e. The molecule has 20 heavy (non-hydrogen) atoms. The molecule has 3 aromatic rings. The number of nitrogen functional groups attached to an aromatic ring is 1. The molecule has 0 aliphatic carbocycles. The topological polar surface area (TPSA) is 98.0 Å². The van der Waals surface area contributed by atoms with Crippen LogP contribution in [0.3, 0.4) is 0 Å². The van der Waals surface area contributed by atoms with Crippen molar-refractivity contribution >= 4 is 16.5 Å². The first-order valence-electron chi connectivity index (χ1n) is 5.68. The summed E-state index contributed by atoms with van der Waals surface area (Å²) >= 11 is 1.26. The second-order valence-electron chi connectivity index (χ2n) is 3.93. The summed E-state index contributed by atoms with van der Waals surface area (Å²) in [4.78, 5) is 15.9. The summed E-state index contributed by atoms with van der Waals surface area (Å²) in [6.07, 6.45) is 0. The van der Waals surface area contributed by atoms with Crippen LogP contribution >= 0.6 is 11.3 Å². The first-order chi connectivity index (χ1) is 9.69. The summed E-state index contributed by atoms with van der Waals surface area (Å²) in [6.45, 7) is 0. The van der Waals surface area contributed by atoms with E-state index in [9.17, 15) is 4.79 Å². The minimum Gasteiger partial charge on any atom is -0.497 e. The van der Waals surface area contributed by atoms with Crippen LogP contribution in [0.2, 0.25) is 0 Å². The average Bonchev–Trinajstić information content (AvgIpc) is 3.05. The van der Waals surface area contributed by atoms with Gasteiger partial charge in [0.25, 0.3) is 0 Å². The van der Waals surface area contributed by atoms with E-state index in [2.05, 4.69) is 10.3 Å². The Morgan fingerprint density at radius 3 is 2.75 bits per heavy atom. The van der Waals surface area contributed by atoms with E-state index >= 15 is 0 Å². The Balaban J connectivity index is 2.12. The van der Waals surface area contributed by atoms with Gasteiger partial charge in [-0.05, 0) is 22.1 Å². The highest BCUT2D eigenvalue weighted by Crippen LogP contribution is 2.19. The number of benzene rings is 1. The Bertz CT molecular complexity index is 788. The summed E-state index contributed by atoms with van der Waals surface area (Å²) in [5.41, 5.74) is 6.58. The van der Waals surface area contributed by atoms with Gasteiger partial charge in [0, 0.05) is 17.5 Å². The van der Waals surface area contributed by atoms with Crippen molar-refractivity contribution in [1.29, 1.82) is 0 Å². The number of rotatable bonds is 3. The van der Waals surface area contributed by atoms with Gasteiger partial charge in [-0.1, -0.05) is 0 Å². The highest BCUT2D eigenvalue weighted by atomic mass is 32.1. The summed E-state index contributed by atoms with van der Waals surface area (Å²) in [5.74, 6) is 0.722. The van der Waals surface area contributed by atoms with E-state index in [1.165, 1.54) is 16.0 Å². The van der Waals surface area contributed by atoms with Crippen LogP contribution in [0.1, 0.15) is 0 Å². The number of hydrogen-bond donors (Lipinski definition) is 2. The number of H-pyrrole nitrogens is 1. The van der Waals surface area contributed by atoms with Crippen molar-refractivity contribution in [1.82, 2.24) is 10.3 Å². The Morgan fingerprint density at radius 2 is 2.15 bits per heavy atom. The monoisotopic (exact) mass is 291 g/mol. The summed E-state index contributed by atoms with van der Waals surface area (Å²) in [5, 5.41) is 4.64. The number of ether oxygens (including phenoxy) is 1. The Labute approximate surface area is 117 Å². The van der Waals surface area contributed by atoms with Gasteiger partial charge in [0.05, 0.1) is 7.11 Å². The minimum absolute atomic E-state index is 0.295. The number of aromatic nitrogens is 3. The zero-order valence-corrected chi connectivity index (χ0v) is 11.3. The number of nitrogens with zero attached hydrogens (tertiary/aromatic N) is 2. The van der Waals surface area contributed by atoms with Crippen molar-refractivity contribution < 1.29 is 13.9 Å². The maximum Gasteiger partial charge on any atom is 0.437 e. The van der Waals surface area contributed by atoms with Crippen LogP contribution in [0.25, 0.3) is 17.1 Å². The molecule has 8 heteroatoms. The largest absolute Gasteiger partial charge is 0.497 e. The van der Waals surface area contributed by atoms with Crippen LogP contribution < -0.4 is 20.8 Å². The summed E-state index contributed by atoms with van der Waals surface area (Å²) < 4.78 is 11.5. The third-order valence-electron chi connectivity index (χ3n) is 2.74. The van der Waals surface area contributed by atoms with E-state index in [4.69, 9.17) is 15.0 Å². The minimum atomic E-state index is -0.508. The molecule has 7 nitrogen and oxygen atoms in total. The fourth-order valence-electron chi connectivity index (χ4n) is 1.80. The molecule has 102 valence electrons. The van der Waals surface area contributed by atoms with Gasteiger partial charge >= 0.3 is 11.3 Å². The van der Waals surface area contributed by atoms with Gasteiger partial charge in [-0.3, -0.25) is 4.52 Å². The Morgan fingerprint density at radius 1 is 1.40 bits per heavy atom. The molecule has 0 atom stereocenters. The van der Waals surface area contributed by atoms with Gasteiger partial charge < -0.3 is 10.5 Å². The van der Waals surface area contributed by atoms with E-state index in [0.29, 0.717) is 16.5 Å². The average molecular weight is 291 g/mol. The highest BCUT2D eigenvalue weighted by molar-refractivity contribution is 7.13. The maximum absolute atomic E-state index is 11.8. The Hall–Kier alpha value is -2.61. The normalized spacial score (nSPS) is 10.7. The Kier molecular flexibility index (Phi) is 2.99. The van der Waals surface area contributed by atoms with Gasteiger partial charge in [0.2, 0.25) is 5.69 Å². The molecule has 3 rings (SSSR count). The van der Waals surface area contributed by atoms with Crippen LogP contribution in [-0.4, -0.2) is 17.4 Å². The van der Waals surface area contributed by atoms with E-state index in [1.807, 2.05) is 0 Å². The third kappa shape index (κ3) is 2.05. The molecule has 0 saturated carbocycles. The van der Waals surface area contributed by atoms with E-state index in [1.54, 1.807) is 36.8 Å². The lowest BCUT2D eigenvalue weighted by Gasteiger charge is -1.97. The highest BCUT2D eigenvalue weighted by Gasteiger charge is 2.27. The SMILES string of the molecule is COc1ccc(-[n+]2[nH]oc(=O)c2-c2csc(N)n2)cc1. The van der Waals surface area contributed by atoms with Gasteiger partial charge in [0.15, 0.2) is 10.8 Å². The molecule has 0 radical (unpaired) electrons. The molecule has 0 amide bonds. The predicted molar refractivity (Wildman–Crippen MR) is 72.9 cm³/mol. The number of thiazole rings is 1. The fourth-order valence-corrected chi connectivity index (χ4v) is 2.35. The quantitative estimate of drug-likeness (QED) is 0.700. The first-order valence-corrected chi connectivity index (χ1v) is 6.56. The van der Waals surface area contributed by atoms with Crippen LogP contribution in [0, 0.1) is 0 Å². The van der Waals surface area contributed by atoms with Crippen LogP contribution in [-0.2, 0) is 0 Å². The molecule has 0 fully saturated rings. The first kappa shape index (κ1) is 12.4. The molecule has 3 N–H and O–H groups in total. The van der Waals surface area contributed by atoms with Crippen LogP contribution in [0.5, 0.6) is 5.75 Å². The van der Waals surface area contributed by atoms with E-state index in [0.717, 1.165) is 11.4 Å². The third-order valence-corrected chi connectivity index (χ3v) is 3.42. The van der Waals surface area contributed by atoms with Gasteiger partial charge in [-0.2, -0.15) is 0 Å². The van der Waals surface area contributed by atoms with Crippen molar-refractivity contribution in [3.63, 3.8) is 0 Å². The van der Waals surface area contributed by atoms with Gasteiger partial charge in [-0.15, -0.1) is 11.3 Å². The molecular formula is C12H11N4O3S+. The number of anilines is 1. The second kappa shape index (κ2) is 4.82. The molecule has 0 aliphatic heterocycles. The van der Waals surface area contributed by atoms with Crippen LogP contribution in [0.4, 0.5) is 5.13 Å². The van der Waals surface area contributed by atoms with Crippen molar-refractivity contribution in [2.45, 2.75) is 0 Å². The fraction of sp³-hybridized carbons (Fsp3) is 0.0833. The predicted octanol–water partition coefficient (Wildman–Crippen LogP) is 0.959. The zero-order valence-electron chi connectivity index (χ0n) is 10.5. The molecule has 0 spiro atoms. The molecule has 0 aliphatic rings. The maximum atomic E-state index is 11.8. The molecule has 0 bridgehead atoms. The number of hydrogen-bond acceptors (Lipinski definition) is 6. The zero-order chi connectivity index (χ0) is 14.1. The molecule has 2 heterocycles. The number of methoxy groups -OCH3 is 1. The molecule has 1 aromatic carbocycles. The summed E-state index contributed by atoms with van der Waals surface area (Å²) in [6, 6.07) is 7.16. The van der Waals surface area contributed by atoms with E-state index in [-0.39, 0.29) is 0 Å². The molecule has 2 aromatic heterocycles. The molecule has 0 unspecified atom stereocenters. The van der Waals surface area contributed by atoms with Crippen molar-refractivity contribution in [2.24, 2.45) is 0 Å². The number of nitrogens with one attached hydrogen (secondary N) is 1. The molecule has 0 saturated heterocycles. The number of nitrogens with two attached hydrogens (primary N) is 1. The van der Waals surface area contributed by atoms with E-state index < -0.39 is 5.63 Å². The molecular weight excluding hydrogens is 280 g/mol. The lowest BCUT2D eigenvalue weighted by Crippen LogP contribution is -2.36.